The summed E-state index contributed by atoms with van der Waals surface area (Å²) in [6, 6.07) is 3.76. The molecular weight excluding hydrogens is 342 g/mol. The van der Waals surface area contributed by atoms with Gasteiger partial charge >= 0.3 is 0 Å². The number of hydrogen-bond donors (Lipinski definition) is 3. The number of ether oxygens (including phenoxy) is 1. The molecule has 0 radical (unpaired) electrons. The number of carbonyl (C=O) groups excluding carboxylic acids is 1. The minimum atomic E-state index is -0.494. The van der Waals surface area contributed by atoms with Crippen LogP contribution in [0.2, 0.25) is 0 Å². The fourth-order valence-electron chi connectivity index (χ4n) is 2.42. The van der Waals surface area contributed by atoms with Gasteiger partial charge in [-0.1, -0.05) is 24.8 Å². The van der Waals surface area contributed by atoms with Crippen molar-refractivity contribution in [2.45, 2.75) is 26.5 Å². The van der Waals surface area contributed by atoms with Crippen molar-refractivity contribution in [3.05, 3.63) is 78.1 Å². The Labute approximate surface area is 159 Å². The zero-order chi connectivity index (χ0) is 19.6. The Morgan fingerprint density at radius 3 is 2.89 bits per heavy atom. The maximum atomic E-state index is 12.2. The highest BCUT2D eigenvalue weighted by Gasteiger charge is 2.24. The van der Waals surface area contributed by atoms with Crippen molar-refractivity contribution < 1.29 is 9.53 Å². The van der Waals surface area contributed by atoms with Crippen LogP contribution in [0.15, 0.2) is 71.9 Å². The van der Waals surface area contributed by atoms with Crippen molar-refractivity contribution in [2.24, 2.45) is 22.4 Å². The van der Waals surface area contributed by atoms with Crippen LogP contribution in [0.25, 0.3) is 0 Å². The number of aromatic nitrogens is 1. The molecule has 0 spiro atoms. The molecule has 0 fully saturated rings. The summed E-state index contributed by atoms with van der Waals surface area (Å²) in [5.74, 6) is 0.616. The molecule has 1 amide bonds. The van der Waals surface area contributed by atoms with Gasteiger partial charge in [-0.2, -0.15) is 0 Å². The van der Waals surface area contributed by atoms with Gasteiger partial charge in [-0.25, -0.2) is 4.99 Å². The highest BCUT2D eigenvalue weighted by atomic mass is 16.5. The molecule has 7 heteroatoms. The summed E-state index contributed by atoms with van der Waals surface area (Å²) in [6.07, 6.45) is 11.1. The molecule has 2 rings (SSSR count). The Bertz CT molecular complexity index is 791. The van der Waals surface area contributed by atoms with E-state index in [4.69, 9.17) is 16.2 Å². The van der Waals surface area contributed by atoms with E-state index in [9.17, 15) is 4.79 Å². The van der Waals surface area contributed by atoms with Gasteiger partial charge in [-0.05, 0) is 37.6 Å². The summed E-state index contributed by atoms with van der Waals surface area (Å²) < 4.78 is 5.70. The molecule has 1 unspecified atom stereocenters. The largest absolute Gasteiger partial charge is 0.489 e. The topological polar surface area (TPSA) is 116 Å². The van der Waals surface area contributed by atoms with Crippen LogP contribution >= 0.6 is 0 Å². The van der Waals surface area contributed by atoms with Crippen LogP contribution in [-0.2, 0) is 22.7 Å². The molecule has 1 atom stereocenters. The molecule has 142 valence electrons. The second-order valence-corrected chi connectivity index (χ2v) is 5.92. The predicted molar refractivity (Wildman–Crippen MR) is 106 cm³/mol. The molecule has 0 bridgehead atoms. The molecular formula is C20H25N5O2. The van der Waals surface area contributed by atoms with Crippen molar-refractivity contribution in [1.82, 2.24) is 10.3 Å². The standard InChI is InChI=1S/C20H25N5O2/c1-3-5-16(6-4-2)27-13-14-7-8-15(23-11-14)12-24-20(26)17-9-10-18(21)25-19(17)22/h3-8,10-11,17H,1,9,12-13,21H2,2H3,(H2,22,25)(H,24,26)/b6-4-,16-5+. The lowest BCUT2D eigenvalue weighted by molar-refractivity contribution is -0.123. The quantitative estimate of drug-likeness (QED) is 0.480. The number of rotatable bonds is 8. The predicted octanol–water partition coefficient (Wildman–Crippen LogP) is 2.04. The van der Waals surface area contributed by atoms with Gasteiger partial charge < -0.3 is 21.5 Å². The first kappa shape index (κ1) is 20.0. The first-order valence-corrected chi connectivity index (χ1v) is 8.63. The summed E-state index contributed by atoms with van der Waals surface area (Å²) in [4.78, 5) is 20.5. The van der Waals surface area contributed by atoms with E-state index in [0.717, 1.165) is 17.0 Å². The summed E-state index contributed by atoms with van der Waals surface area (Å²) in [7, 11) is 0. The van der Waals surface area contributed by atoms with Gasteiger partial charge in [0.15, 0.2) is 0 Å². The van der Waals surface area contributed by atoms with Gasteiger partial charge in [0.1, 0.15) is 24.0 Å². The minimum absolute atomic E-state index is 0.195. The maximum Gasteiger partial charge on any atom is 0.231 e. The number of nitrogens with zero attached hydrogens (tertiary/aromatic N) is 2. The number of nitrogens with two attached hydrogens (primary N) is 2. The molecule has 5 N–H and O–H groups in total. The number of nitrogens with one attached hydrogen (secondary N) is 1. The molecule has 0 saturated heterocycles. The molecule has 1 aromatic rings. The zero-order valence-corrected chi connectivity index (χ0v) is 15.4. The number of amidine groups is 1. The first-order valence-electron chi connectivity index (χ1n) is 8.63. The lowest BCUT2D eigenvalue weighted by Crippen LogP contribution is -2.40. The van der Waals surface area contributed by atoms with E-state index in [0.29, 0.717) is 25.4 Å². The molecule has 0 aliphatic carbocycles. The Hall–Kier alpha value is -3.35. The molecule has 27 heavy (non-hydrogen) atoms. The van der Waals surface area contributed by atoms with Gasteiger partial charge in [0, 0.05) is 11.8 Å². The highest BCUT2D eigenvalue weighted by Crippen LogP contribution is 2.13. The Morgan fingerprint density at radius 1 is 1.44 bits per heavy atom. The maximum absolute atomic E-state index is 12.2. The van der Waals surface area contributed by atoms with Gasteiger partial charge in [0.2, 0.25) is 5.91 Å². The van der Waals surface area contributed by atoms with Crippen molar-refractivity contribution in [3.63, 3.8) is 0 Å². The number of pyridine rings is 1. The van der Waals surface area contributed by atoms with E-state index in [1.54, 1.807) is 24.4 Å². The van der Waals surface area contributed by atoms with Gasteiger partial charge in [-0.3, -0.25) is 9.78 Å². The second kappa shape index (κ2) is 9.96. The average Bonchev–Trinajstić information content (AvgIpc) is 2.65. The number of allylic oxidation sites excluding steroid dienone is 5. The van der Waals surface area contributed by atoms with Crippen LogP contribution < -0.4 is 16.8 Å². The number of amides is 1. The van der Waals surface area contributed by atoms with E-state index in [1.165, 1.54) is 0 Å². The van der Waals surface area contributed by atoms with Crippen molar-refractivity contribution in [2.75, 3.05) is 0 Å². The Morgan fingerprint density at radius 2 is 2.26 bits per heavy atom. The van der Waals surface area contributed by atoms with E-state index in [2.05, 4.69) is 21.9 Å². The van der Waals surface area contributed by atoms with Crippen LogP contribution in [0.5, 0.6) is 0 Å². The van der Waals surface area contributed by atoms with Gasteiger partial charge in [0.05, 0.1) is 18.2 Å². The van der Waals surface area contributed by atoms with Crippen molar-refractivity contribution in [1.29, 1.82) is 0 Å². The van der Waals surface area contributed by atoms with E-state index in [-0.39, 0.29) is 11.7 Å². The second-order valence-electron chi connectivity index (χ2n) is 5.92. The third-order valence-corrected chi connectivity index (χ3v) is 3.84. The summed E-state index contributed by atoms with van der Waals surface area (Å²) in [5.41, 5.74) is 13.0. The minimum Gasteiger partial charge on any atom is -0.489 e. The molecule has 2 heterocycles. The lowest BCUT2D eigenvalue weighted by atomic mass is 10.0. The fourth-order valence-corrected chi connectivity index (χ4v) is 2.42. The third-order valence-electron chi connectivity index (χ3n) is 3.84. The monoisotopic (exact) mass is 367 g/mol. The number of hydrogen-bond acceptors (Lipinski definition) is 6. The fraction of sp³-hybridized carbons (Fsp3) is 0.250. The molecule has 1 aromatic heterocycles. The number of carbonyl (C=O) groups is 1. The normalized spacial score (nSPS) is 17.2. The van der Waals surface area contributed by atoms with Crippen LogP contribution in [0.1, 0.15) is 24.6 Å². The first-order chi connectivity index (χ1) is 13.0. The van der Waals surface area contributed by atoms with Crippen molar-refractivity contribution in [3.8, 4) is 0 Å². The van der Waals surface area contributed by atoms with E-state index < -0.39 is 5.92 Å². The highest BCUT2D eigenvalue weighted by molar-refractivity contribution is 6.03. The SMILES string of the molecule is C=C/C=C(\C=C/C)OCc1ccc(CNC(=O)C2CC=C(N)N=C2N)nc1. The van der Waals surface area contributed by atoms with Crippen molar-refractivity contribution >= 4 is 11.7 Å². The molecule has 0 aromatic carbocycles. The molecule has 0 saturated carbocycles. The van der Waals surface area contributed by atoms with Crippen LogP contribution in [-0.4, -0.2) is 16.7 Å². The van der Waals surface area contributed by atoms with E-state index >= 15 is 0 Å². The third kappa shape index (κ3) is 6.14. The van der Waals surface area contributed by atoms with E-state index in [1.807, 2.05) is 31.2 Å². The van der Waals surface area contributed by atoms with Crippen LogP contribution in [0, 0.1) is 5.92 Å². The lowest BCUT2D eigenvalue weighted by Gasteiger charge is -2.18. The zero-order valence-electron chi connectivity index (χ0n) is 15.4. The molecule has 1 aliphatic rings. The summed E-state index contributed by atoms with van der Waals surface area (Å²) in [5, 5.41) is 2.82. The Balaban J connectivity index is 1.85. The number of aliphatic imine (C=N–C) groups is 1. The van der Waals surface area contributed by atoms with Crippen LogP contribution in [0.3, 0.4) is 0 Å². The van der Waals surface area contributed by atoms with Crippen LogP contribution in [0.4, 0.5) is 0 Å². The molecule has 7 nitrogen and oxygen atoms in total. The molecule has 1 aliphatic heterocycles. The smallest absolute Gasteiger partial charge is 0.231 e. The summed E-state index contributed by atoms with van der Waals surface area (Å²) >= 11 is 0. The van der Waals surface area contributed by atoms with Gasteiger partial charge in [0.25, 0.3) is 0 Å². The van der Waals surface area contributed by atoms with Gasteiger partial charge in [-0.15, -0.1) is 0 Å². The summed E-state index contributed by atoms with van der Waals surface area (Å²) in [6.45, 7) is 6.29. The Kier molecular flexibility index (Phi) is 7.37. The average molecular weight is 367 g/mol.